The highest BCUT2D eigenvalue weighted by Gasteiger charge is 2.18. The van der Waals surface area contributed by atoms with Gasteiger partial charge in [-0.1, -0.05) is 22.6 Å². The molecule has 1 fully saturated rings. The molecule has 0 amide bonds. The van der Waals surface area contributed by atoms with Gasteiger partial charge in [-0.15, -0.1) is 0 Å². The zero-order valence-corrected chi connectivity index (χ0v) is 21.5. The molecule has 33 heavy (non-hydrogen) atoms. The maximum Gasteiger partial charge on any atom is 0.229 e. The van der Waals surface area contributed by atoms with Crippen molar-refractivity contribution in [1.29, 1.82) is 0 Å². The minimum atomic E-state index is -3.48. The van der Waals surface area contributed by atoms with Crippen LogP contribution in [0.25, 0.3) is 10.9 Å². The zero-order valence-electron chi connectivity index (χ0n) is 18.5. The number of aromatic nitrogens is 2. The van der Waals surface area contributed by atoms with E-state index in [4.69, 9.17) is 0 Å². The van der Waals surface area contributed by atoms with Crippen molar-refractivity contribution in [3.8, 4) is 0 Å². The highest BCUT2D eigenvalue weighted by atomic mass is 127. The van der Waals surface area contributed by atoms with Crippen molar-refractivity contribution in [1.82, 2.24) is 19.8 Å². The first-order valence-corrected chi connectivity index (χ1v) is 13.9. The molecule has 2 N–H and O–H groups in total. The van der Waals surface area contributed by atoms with E-state index in [1.807, 2.05) is 6.07 Å². The molecule has 1 aliphatic heterocycles. The van der Waals surface area contributed by atoms with Gasteiger partial charge in [-0.25, -0.2) is 22.8 Å². The molecule has 0 radical (unpaired) electrons. The van der Waals surface area contributed by atoms with Crippen LogP contribution >= 0.6 is 22.6 Å². The van der Waals surface area contributed by atoms with Crippen LogP contribution in [0.15, 0.2) is 36.7 Å². The zero-order chi connectivity index (χ0) is 23.6. The lowest BCUT2D eigenvalue weighted by Gasteiger charge is -2.32. The number of nitrogens with one attached hydrogen (secondary N) is 2. The SMILES string of the molecule is CN1CCN(Cc2cc3ncnc(Nc4ccc(F)c(CI)c4)c3cc2NS(C)(=O)=O)CC1. The number of hydrogen-bond donors (Lipinski definition) is 2. The first kappa shape index (κ1) is 24.0. The highest BCUT2D eigenvalue weighted by molar-refractivity contribution is 14.1. The van der Waals surface area contributed by atoms with E-state index in [0.29, 0.717) is 44.6 Å². The normalized spacial score (nSPS) is 15.6. The van der Waals surface area contributed by atoms with Crippen LogP contribution in [0.5, 0.6) is 0 Å². The lowest BCUT2D eigenvalue weighted by molar-refractivity contribution is 0.148. The van der Waals surface area contributed by atoms with E-state index in [1.54, 1.807) is 18.2 Å². The molecule has 11 heteroatoms. The van der Waals surface area contributed by atoms with Crippen LogP contribution in [0.4, 0.5) is 21.6 Å². The minimum Gasteiger partial charge on any atom is -0.340 e. The summed E-state index contributed by atoms with van der Waals surface area (Å²) >= 11 is 2.12. The van der Waals surface area contributed by atoms with Gasteiger partial charge in [-0.3, -0.25) is 9.62 Å². The molecule has 4 rings (SSSR count). The molecular formula is C22H26FIN6O2S. The van der Waals surface area contributed by atoms with Gasteiger partial charge in [0.05, 0.1) is 17.5 Å². The van der Waals surface area contributed by atoms with Crippen molar-refractivity contribution in [3.63, 3.8) is 0 Å². The van der Waals surface area contributed by atoms with Crippen molar-refractivity contribution in [3.05, 3.63) is 53.6 Å². The van der Waals surface area contributed by atoms with Crippen LogP contribution in [0, 0.1) is 5.82 Å². The van der Waals surface area contributed by atoms with Gasteiger partial charge in [0.25, 0.3) is 0 Å². The van der Waals surface area contributed by atoms with Crippen molar-refractivity contribution >= 4 is 60.7 Å². The Kier molecular flexibility index (Phi) is 7.31. The average Bonchev–Trinajstić information content (AvgIpc) is 2.76. The second-order valence-corrected chi connectivity index (χ2v) is 10.8. The fraction of sp³-hybridized carbons (Fsp3) is 0.364. The summed E-state index contributed by atoms with van der Waals surface area (Å²) in [7, 11) is -1.39. The number of anilines is 3. The van der Waals surface area contributed by atoms with Crippen molar-refractivity contribution < 1.29 is 12.8 Å². The third-order valence-corrected chi connectivity index (χ3v) is 7.01. The van der Waals surface area contributed by atoms with E-state index in [0.717, 1.165) is 38.0 Å². The van der Waals surface area contributed by atoms with E-state index in [9.17, 15) is 12.8 Å². The summed E-state index contributed by atoms with van der Waals surface area (Å²) in [5.41, 5.74) is 3.35. The number of likely N-dealkylation sites (N-methyl/N-ethyl adjacent to an activating group) is 1. The smallest absolute Gasteiger partial charge is 0.229 e. The molecule has 0 atom stereocenters. The monoisotopic (exact) mass is 584 g/mol. The standard InChI is InChI=1S/C22H26FIN6O2S/c1-29-5-7-30(8-6-29)13-16-10-21-18(11-20(16)28-33(2,31)32)22(26-14-25-21)27-17-3-4-19(23)15(9-17)12-24/h3-4,9-11,14,28H,5-8,12-13H2,1-2H3,(H,25,26,27). The Labute approximate surface area is 206 Å². The summed E-state index contributed by atoms with van der Waals surface area (Å²) in [6.07, 6.45) is 2.61. The number of rotatable bonds is 7. The molecule has 0 bridgehead atoms. The summed E-state index contributed by atoms with van der Waals surface area (Å²) in [5.74, 6) is 0.268. The molecule has 2 aromatic carbocycles. The fourth-order valence-electron chi connectivity index (χ4n) is 3.81. The molecule has 1 aliphatic rings. The third-order valence-electron chi connectivity index (χ3n) is 5.60. The van der Waals surface area contributed by atoms with Crippen molar-refractivity contribution in [2.75, 3.05) is 49.5 Å². The summed E-state index contributed by atoms with van der Waals surface area (Å²) in [6.45, 7) is 4.37. The summed E-state index contributed by atoms with van der Waals surface area (Å²) in [6, 6.07) is 8.50. The molecule has 3 aromatic rings. The van der Waals surface area contributed by atoms with Gasteiger partial charge in [0.2, 0.25) is 10.0 Å². The lowest BCUT2D eigenvalue weighted by Crippen LogP contribution is -2.44. The number of hydrogen-bond acceptors (Lipinski definition) is 7. The first-order valence-electron chi connectivity index (χ1n) is 10.5. The Hall–Kier alpha value is -2.09. The van der Waals surface area contributed by atoms with Gasteiger partial charge < -0.3 is 10.2 Å². The van der Waals surface area contributed by atoms with Crippen LogP contribution in [0.2, 0.25) is 0 Å². The Morgan fingerprint density at radius 2 is 1.85 bits per heavy atom. The molecule has 1 saturated heterocycles. The van der Waals surface area contributed by atoms with Gasteiger partial charge >= 0.3 is 0 Å². The highest BCUT2D eigenvalue weighted by Crippen LogP contribution is 2.31. The Bertz CT molecular complexity index is 1270. The minimum absolute atomic E-state index is 0.254. The summed E-state index contributed by atoms with van der Waals surface area (Å²) < 4.78 is 41.3. The van der Waals surface area contributed by atoms with Gasteiger partial charge in [0.1, 0.15) is 18.0 Å². The predicted octanol–water partition coefficient (Wildman–Crippen LogP) is 3.57. The molecule has 176 valence electrons. The van der Waals surface area contributed by atoms with Gasteiger partial charge in [0, 0.05) is 48.2 Å². The topological polar surface area (TPSA) is 90.5 Å². The van der Waals surface area contributed by atoms with E-state index in [1.165, 1.54) is 12.4 Å². The van der Waals surface area contributed by atoms with E-state index >= 15 is 0 Å². The largest absolute Gasteiger partial charge is 0.340 e. The number of fused-ring (bicyclic) bond motifs is 1. The van der Waals surface area contributed by atoms with Crippen LogP contribution in [-0.2, 0) is 21.0 Å². The Balaban J connectivity index is 1.72. The second kappa shape index (κ2) is 10.0. The maximum atomic E-state index is 13.9. The number of benzene rings is 2. The number of halogens is 2. The van der Waals surface area contributed by atoms with E-state index in [2.05, 4.69) is 59.4 Å². The van der Waals surface area contributed by atoms with Crippen LogP contribution in [-0.4, -0.2) is 67.7 Å². The van der Waals surface area contributed by atoms with Gasteiger partial charge in [-0.2, -0.15) is 0 Å². The van der Waals surface area contributed by atoms with Crippen molar-refractivity contribution in [2.45, 2.75) is 11.0 Å². The molecular weight excluding hydrogens is 558 g/mol. The van der Waals surface area contributed by atoms with Crippen LogP contribution in [0.3, 0.4) is 0 Å². The predicted molar refractivity (Wildman–Crippen MR) is 138 cm³/mol. The number of piperazine rings is 1. The Morgan fingerprint density at radius 3 is 2.55 bits per heavy atom. The average molecular weight is 584 g/mol. The van der Waals surface area contributed by atoms with Gasteiger partial charge in [-0.05, 0) is 48.5 Å². The van der Waals surface area contributed by atoms with Gasteiger partial charge in [0.15, 0.2) is 0 Å². The number of alkyl halides is 1. The van der Waals surface area contributed by atoms with E-state index in [-0.39, 0.29) is 5.82 Å². The molecule has 0 spiro atoms. The van der Waals surface area contributed by atoms with Crippen LogP contribution in [0.1, 0.15) is 11.1 Å². The quantitative estimate of drug-likeness (QED) is 0.324. The maximum absolute atomic E-state index is 13.9. The molecule has 0 saturated carbocycles. The van der Waals surface area contributed by atoms with E-state index < -0.39 is 10.0 Å². The molecule has 2 heterocycles. The van der Waals surface area contributed by atoms with Crippen molar-refractivity contribution in [2.24, 2.45) is 0 Å². The second-order valence-electron chi connectivity index (χ2n) is 8.27. The third kappa shape index (κ3) is 6.08. The molecule has 0 unspecified atom stereocenters. The molecule has 1 aromatic heterocycles. The fourth-order valence-corrected chi connectivity index (χ4v) is 4.98. The lowest BCUT2D eigenvalue weighted by atomic mass is 10.1. The van der Waals surface area contributed by atoms with Crippen LogP contribution < -0.4 is 10.0 Å². The first-order chi connectivity index (χ1) is 15.7. The number of nitrogens with zero attached hydrogens (tertiary/aromatic N) is 4. The Morgan fingerprint density at radius 1 is 1.09 bits per heavy atom. The number of sulfonamides is 1. The summed E-state index contributed by atoms with van der Waals surface area (Å²) in [5, 5.41) is 3.90. The summed E-state index contributed by atoms with van der Waals surface area (Å²) in [4.78, 5) is 13.4. The molecule has 0 aliphatic carbocycles. The molecule has 8 nitrogen and oxygen atoms in total.